The van der Waals surface area contributed by atoms with Crippen LogP contribution in [0.1, 0.15) is 28.8 Å². The lowest BCUT2D eigenvalue weighted by molar-refractivity contribution is -0.121. The van der Waals surface area contributed by atoms with E-state index < -0.39 is 0 Å². The largest absolute Gasteiger partial charge is 0.497 e. The van der Waals surface area contributed by atoms with Crippen molar-refractivity contribution in [3.63, 3.8) is 0 Å². The van der Waals surface area contributed by atoms with Gasteiger partial charge in [-0.3, -0.25) is 19.3 Å². The highest BCUT2D eigenvalue weighted by molar-refractivity contribution is 6.19. The van der Waals surface area contributed by atoms with Gasteiger partial charge in [-0.05, 0) is 42.5 Å². The molecule has 1 heterocycles. The van der Waals surface area contributed by atoms with E-state index in [0.29, 0.717) is 22.7 Å². The molecule has 7 heteroatoms. The molecule has 1 N–H and O–H groups in total. The molecule has 3 rings (SSSR count). The van der Waals surface area contributed by atoms with Crippen LogP contribution in [0.25, 0.3) is 0 Å². The minimum atomic E-state index is -0.273. The van der Waals surface area contributed by atoms with Crippen LogP contribution in [0.3, 0.4) is 0 Å². The van der Waals surface area contributed by atoms with Crippen molar-refractivity contribution >= 4 is 23.4 Å². The molecule has 0 bridgehead atoms. The second-order valence-electron chi connectivity index (χ2n) is 6.03. The van der Waals surface area contributed by atoms with Crippen molar-refractivity contribution in [3.8, 4) is 11.5 Å². The normalized spacial score (nSPS) is 13.6. The molecule has 1 aliphatic rings. The van der Waals surface area contributed by atoms with Crippen LogP contribution in [0.2, 0.25) is 0 Å². The quantitative estimate of drug-likeness (QED) is 0.791. The van der Waals surface area contributed by atoms with Crippen LogP contribution in [-0.4, -0.2) is 31.9 Å². The lowest BCUT2D eigenvalue weighted by Crippen LogP contribution is -2.28. The number of rotatable bonds is 6. The number of ether oxygens (including phenoxy) is 2. The highest BCUT2D eigenvalue weighted by atomic mass is 16.5. The third-order valence-corrected chi connectivity index (χ3v) is 4.37. The minimum Gasteiger partial charge on any atom is -0.497 e. The van der Waals surface area contributed by atoms with E-state index in [1.807, 2.05) is 0 Å². The number of methoxy groups -OCH3 is 2. The van der Waals surface area contributed by atoms with Crippen molar-refractivity contribution in [2.45, 2.75) is 19.4 Å². The molecule has 2 aromatic rings. The van der Waals surface area contributed by atoms with Gasteiger partial charge in [-0.25, -0.2) is 0 Å². The van der Waals surface area contributed by atoms with Crippen LogP contribution < -0.4 is 19.7 Å². The third kappa shape index (κ3) is 3.92. The Morgan fingerprint density at radius 1 is 1.00 bits per heavy atom. The molecule has 1 saturated heterocycles. The molecule has 0 radical (unpaired) electrons. The van der Waals surface area contributed by atoms with Crippen molar-refractivity contribution < 1.29 is 23.9 Å². The van der Waals surface area contributed by atoms with E-state index in [9.17, 15) is 14.4 Å². The van der Waals surface area contributed by atoms with Crippen LogP contribution in [0.5, 0.6) is 11.5 Å². The molecule has 0 unspecified atom stereocenters. The second-order valence-corrected chi connectivity index (χ2v) is 6.03. The Hall–Kier alpha value is -3.35. The monoisotopic (exact) mass is 368 g/mol. The Kier molecular flexibility index (Phi) is 5.40. The van der Waals surface area contributed by atoms with Gasteiger partial charge in [0.15, 0.2) is 0 Å². The van der Waals surface area contributed by atoms with E-state index in [4.69, 9.17) is 9.47 Å². The van der Waals surface area contributed by atoms with Crippen molar-refractivity contribution in [1.82, 2.24) is 5.32 Å². The number of benzene rings is 2. The van der Waals surface area contributed by atoms with Crippen molar-refractivity contribution in [2.75, 3.05) is 19.1 Å². The molecular formula is C20H20N2O5. The predicted octanol–water partition coefficient (Wildman–Crippen LogP) is 2.29. The number of nitrogens with zero attached hydrogens (tertiary/aromatic N) is 1. The van der Waals surface area contributed by atoms with Crippen LogP contribution in [-0.2, 0) is 16.1 Å². The Morgan fingerprint density at radius 2 is 1.67 bits per heavy atom. The van der Waals surface area contributed by atoms with Gasteiger partial charge in [-0.15, -0.1) is 0 Å². The van der Waals surface area contributed by atoms with E-state index >= 15 is 0 Å². The molecule has 0 atom stereocenters. The zero-order chi connectivity index (χ0) is 19.4. The smallest absolute Gasteiger partial charge is 0.251 e. The van der Waals surface area contributed by atoms with Crippen LogP contribution in [0, 0.1) is 0 Å². The van der Waals surface area contributed by atoms with Gasteiger partial charge >= 0.3 is 0 Å². The zero-order valence-electron chi connectivity index (χ0n) is 15.2. The molecule has 140 valence electrons. The fourth-order valence-electron chi connectivity index (χ4n) is 2.92. The molecule has 27 heavy (non-hydrogen) atoms. The van der Waals surface area contributed by atoms with E-state index in [1.54, 1.807) is 56.7 Å². The summed E-state index contributed by atoms with van der Waals surface area (Å²) in [6, 6.07) is 11.7. The first-order chi connectivity index (χ1) is 13.0. The standard InChI is InChI=1S/C20H20N2O5/c1-26-16-7-8-17(27-2)14(11-16)12-21-20(25)13-3-5-15(6-4-13)22-18(23)9-10-19(22)24/h3-8,11H,9-10,12H2,1-2H3,(H,21,25). The van der Waals surface area contributed by atoms with E-state index in [1.165, 1.54) is 0 Å². The maximum Gasteiger partial charge on any atom is 0.251 e. The maximum atomic E-state index is 12.4. The van der Waals surface area contributed by atoms with Gasteiger partial charge in [0.2, 0.25) is 11.8 Å². The summed E-state index contributed by atoms with van der Waals surface area (Å²) in [6.45, 7) is 0.268. The number of carbonyl (C=O) groups is 3. The molecule has 1 aliphatic heterocycles. The third-order valence-electron chi connectivity index (χ3n) is 4.37. The lowest BCUT2D eigenvalue weighted by atomic mass is 10.1. The van der Waals surface area contributed by atoms with Crippen molar-refractivity contribution in [3.05, 3.63) is 53.6 Å². The highest BCUT2D eigenvalue weighted by Gasteiger charge is 2.30. The molecular weight excluding hydrogens is 348 g/mol. The number of hydrogen-bond donors (Lipinski definition) is 1. The molecule has 0 spiro atoms. The summed E-state index contributed by atoms with van der Waals surface area (Å²) in [4.78, 5) is 37.1. The topological polar surface area (TPSA) is 84.9 Å². The summed E-state index contributed by atoms with van der Waals surface area (Å²) >= 11 is 0. The van der Waals surface area contributed by atoms with E-state index in [2.05, 4.69) is 5.32 Å². The number of imide groups is 1. The number of nitrogens with one attached hydrogen (secondary N) is 1. The van der Waals surface area contributed by atoms with Crippen LogP contribution in [0.4, 0.5) is 5.69 Å². The van der Waals surface area contributed by atoms with E-state index in [-0.39, 0.29) is 37.1 Å². The van der Waals surface area contributed by atoms with Gasteiger partial charge in [-0.1, -0.05) is 0 Å². The number of amides is 3. The lowest BCUT2D eigenvalue weighted by Gasteiger charge is -2.14. The van der Waals surface area contributed by atoms with Crippen LogP contribution in [0.15, 0.2) is 42.5 Å². The first kappa shape index (κ1) is 18.4. The fraction of sp³-hybridized carbons (Fsp3) is 0.250. The zero-order valence-corrected chi connectivity index (χ0v) is 15.2. The molecule has 2 aromatic carbocycles. The molecule has 1 fully saturated rings. The number of hydrogen-bond acceptors (Lipinski definition) is 5. The predicted molar refractivity (Wildman–Crippen MR) is 98.9 cm³/mol. The summed E-state index contributed by atoms with van der Waals surface area (Å²) in [5.74, 6) is 0.608. The van der Waals surface area contributed by atoms with Gasteiger partial charge in [0.25, 0.3) is 5.91 Å². The summed E-state index contributed by atoms with van der Waals surface area (Å²) in [6.07, 6.45) is 0.451. The first-order valence-corrected chi connectivity index (χ1v) is 8.48. The average Bonchev–Trinajstić information content (AvgIpc) is 3.04. The van der Waals surface area contributed by atoms with Gasteiger partial charge in [0, 0.05) is 30.5 Å². The van der Waals surface area contributed by atoms with Crippen molar-refractivity contribution in [2.24, 2.45) is 0 Å². The van der Waals surface area contributed by atoms with E-state index in [0.717, 1.165) is 10.5 Å². The molecule has 0 aliphatic carbocycles. The van der Waals surface area contributed by atoms with Gasteiger partial charge in [0.05, 0.1) is 19.9 Å². The Morgan fingerprint density at radius 3 is 2.26 bits per heavy atom. The highest BCUT2D eigenvalue weighted by Crippen LogP contribution is 2.25. The SMILES string of the molecule is COc1ccc(OC)c(CNC(=O)c2ccc(N3C(=O)CCC3=O)cc2)c1. The maximum absolute atomic E-state index is 12.4. The van der Waals surface area contributed by atoms with Crippen LogP contribution >= 0.6 is 0 Å². The number of anilines is 1. The number of carbonyl (C=O) groups excluding carboxylic acids is 3. The van der Waals surface area contributed by atoms with Gasteiger partial charge in [0.1, 0.15) is 11.5 Å². The Bertz CT molecular complexity index is 860. The molecule has 0 aromatic heterocycles. The van der Waals surface area contributed by atoms with Crippen molar-refractivity contribution in [1.29, 1.82) is 0 Å². The average molecular weight is 368 g/mol. The molecule has 3 amide bonds. The first-order valence-electron chi connectivity index (χ1n) is 8.48. The van der Waals surface area contributed by atoms with Gasteiger partial charge < -0.3 is 14.8 Å². The second kappa shape index (κ2) is 7.90. The molecule has 7 nitrogen and oxygen atoms in total. The van der Waals surface area contributed by atoms with Gasteiger partial charge in [-0.2, -0.15) is 0 Å². The fourth-order valence-corrected chi connectivity index (χ4v) is 2.92. The summed E-state index contributed by atoms with van der Waals surface area (Å²) in [7, 11) is 3.13. The Balaban J connectivity index is 1.68. The summed E-state index contributed by atoms with van der Waals surface area (Å²) in [5, 5.41) is 2.83. The minimum absolute atomic E-state index is 0.220. The Labute approximate surface area is 156 Å². The molecule has 0 saturated carbocycles. The summed E-state index contributed by atoms with van der Waals surface area (Å²) in [5.41, 5.74) is 1.70. The summed E-state index contributed by atoms with van der Waals surface area (Å²) < 4.78 is 10.5.